The third kappa shape index (κ3) is 3.22. The van der Waals surface area contributed by atoms with E-state index in [0.29, 0.717) is 22.2 Å². The number of nitrogens with zero attached hydrogens (tertiary/aromatic N) is 1. The van der Waals surface area contributed by atoms with Crippen molar-refractivity contribution in [3.63, 3.8) is 0 Å². The van der Waals surface area contributed by atoms with Crippen LogP contribution in [0.5, 0.6) is 0 Å². The number of nitrogens with one attached hydrogen (secondary N) is 1. The highest BCUT2D eigenvalue weighted by Crippen LogP contribution is 2.22. The van der Waals surface area contributed by atoms with E-state index in [4.69, 9.17) is 27.9 Å². The van der Waals surface area contributed by atoms with Crippen molar-refractivity contribution in [3.05, 3.63) is 33.8 Å². The van der Waals surface area contributed by atoms with E-state index in [1.54, 1.807) is 18.2 Å². The Hall–Kier alpha value is -1.10. The van der Waals surface area contributed by atoms with Crippen molar-refractivity contribution in [1.29, 1.82) is 0 Å². The van der Waals surface area contributed by atoms with Crippen LogP contribution in [0.15, 0.2) is 23.3 Å². The Bertz CT molecular complexity index is 451. The molecule has 1 aliphatic rings. The molecular formula is C12H12Cl2N2O2. The summed E-state index contributed by atoms with van der Waals surface area (Å²) in [6, 6.07) is 5.15. The van der Waals surface area contributed by atoms with Crippen LogP contribution in [-0.4, -0.2) is 24.8 Å². The molecule has 96 valence electrons. The Labute approximate surface area is 115 Å². The van der Waals surface area contributed by atoms with Crippen LogP contribution in [0.25, 0.3) is 0 Å². The van der Waals surface area contributed by atoms with Crippen molar-refractivity contribution < 1.29 is 9.53 Å². The second-order valence-corrected chi connectivity index (χ2v) is 4.69. The van der Waals surface area contributed by atoms with Gasteiger partial charge in [0.15, 0.2) is 0 Å². The lowest BCUT2D eigenvalue weighted by molar-refractivity contribution is -0.130. The summed E-state index contributed by atoms with van der Waals surface area (Å²) in [5, 5.41) is 4.80. The molecule has 0 aliphatic carbocycles. The number of ether oxygens (including phenoxy) is 1. The van der Waals surface area contributed by atoms with E-state index in [1.807, 2.05) is 0 Å². The summed E-state index contributed by atoms with van der Waals surface area (Å²) in [5.74, 6) is -0.244. The molecule has 1 aliphatic heterocycles. The third-order valence-corrected chi connectivity index (χ3v) is 3.25. The average molecular weight is 287 g/mol. The fourth-order valence-electron chi connectivity index (χ4n) is 1.65. The van der Waals surface area contributed by atoms with Crippen LogP contribution in [0.4, 0.5) is 0 Å². The number of amides is 1. The van der Waals surface area contributed by atoms with Gasteiger partial charge in [0.1, 0.15) is 6.10 Å². The summed E-state index contributed by atoms with van der Waals surface area (Å²) in [4.78, 5) is 11.6. The first-order chi connectivity index (χ1) is 8.68. The van der Waals surface area contributed by atoms with E-state index in [1.165, 1.54) is 6.21 Å². The highest BCUT2D eigenvalue weighted by Gasteiger charge is 2.22. The van der Waals surface area contributed by atoms with Crippen LogP contribution < -0.4 is 5.43 Å². The molecule has 0 unspecified atom stereocenters. The highest BCUT2D eigenvalue weighted by molar-refractivity contribution is 6.38. The zero-order valence-electron chi connectivity index (χ0n) is 9.53. The lowest BCUT2D eigenvalue weighted by Gasteiger charge is -2.06. The van der Waals surface area contributed by atoms with Gasteiger partial charge in [-0.25, -0.2) is 5.43 Å². The second-order valence-electron chi connectivity index (χ2n) is 3.87. The fourth-order valence-corrected chi connectivity index (χ4v) is 2.15. The number of hydrazone groups is 1. The molecule has 0 bridgehead atoms. The molecule has 2 rings (SSSR count). The molecule has 1 N–H and O–H groups in total. The quantitative estimate of drug-likeness (QED) is 0.686. The summed E-state index contributed by atoms with van der Waals surface area (Å²) in [5.41, 5.74) is 2.99. The number of benzene rings is 1. The summed E-state index contributed by atoms with van der Waals surface area (Å²) in [6.07, 6.45) is 2.66. The molecule has 1 aromatic carbocycles. The molecule has 0 spiro atoms. The SMILES string of the molecule is O=C(N/N=C/c1c(Cl)cccc1Cl)[C@H]1CCCO1. The van der Waals surface area contributed by atoms with Crippen LogP contribution in [0.3, 0.4) is 0 Å². The number of halogens is 2. The van der Waals surface area contributed by atoms with E-state index in [9.17, 15) is 4.79 Å². The Morgan fingerprint density at radius 2 is 2.17 bits per heavy atom. The predicted octanol–water partition coefficient (Wildman–Crippen LogP) is 2.62. The lowest BCUT2D eigenvalue weighted by Crippen LogP contribution is -2.30. The van der Waals surface area contributed by atoms with Crippen molar-refractivity contribution in [2.75, 3.05) is 6.61 Å². The smallest absolute Gasteiger partial charge is 0.269 e. The minimum Gasteiger partial charge on any atom is -0.368 e. The summed E-state index contributed by atoms with van der Waals surface area (Å²) < 4.78 is 5.23. The number of hydrogen-bond acceptors (Lipinski definition) is 3. The second kappa shape index (κ2) is 6.18. The Kier molecular flexibility index (Phi) is 4.58. The molecule has 0 saturated carbocycles. The van der Waals surface area contributed by atoms with Gasteiger partial charge in [-0.05, 0) is 25.0 Å². The first-order valence-electron chi connectivity index (χ1n) is 5.57. The van der Waals surface area contributed by atoms with Crippen LogP contribution in [-0.2, 0) is 9.53 Å². The standard InChI is InChI=1S/C12H12Cl2N2O2/c13-9-3-1-4-10(14)8(9)7-15-16-12(17)11-5-2-6-18-11/h1,3-4,7,11H,2,5-6H2,(H,16,17)/b15-7+/t11-/m1/s1. The maximum Gasteiger partial charge on any atom is 0.269 e. The molecule has 6 heteroatoms. The van der Waals surface area contributed by atoms with Crippen molar-refractivity contribution in [3.8, 4) is 0 Å². The average Bonchev–Trinajstić information content (AvgIpc) is 2.86. The first-order valence-corrected chi connectivity index (χ1v) is 6.32. The number of hydrogen-bond donors (Lipinski definition) is 1. The number of carbonyl (C=O) groups excluding carboxylic acids is 1. The molecule has 1 amide bonds. The van der Waals surface area contributed by atoms with Crippen molar-refractivity contribution in [1.82, 2.24) is 5.43 Å². The van der Waals surface area contributed by atoms with Crippen molar-refractivity contribution in [2.24, 2.45) is 5.10 Å². The van der Waals surface area contributed by atoms with Gasteiger partial charge in [0.2, 0.25) is 0 Å². The summed E-state index contributed by atoms with van der Waals surface area (Å²) >= 11 is 11.9. The third-order valence-electron chi connectivity index (χ3n) is 2.59. The number of carbonyl (C=O) groups is 1. The molecule has 1 heterocycles. The van der Waals surface area contributed by atoms with Gasteiger partial charge < -0.3 is 4.74 Å². The fraction of sp³-hybridized carbons (Fsp3) is 0.333. The summed E-state index contributed by atoms with van der Waals surface area (Å²) in [7, 11) is 0. The molecule has 1 fully saturated rings. The topological polar surface area (TPSA) is 50.7 Å². The van der Waals surface area contributed by atoms with Gasteiger partial charge in [0.25, 0.3) is 5.91 Å². The van der Waals surface area contributed by atoms with Crippen LogP contribution in [0.2, 0.25) is 10.0 Å². The monoisotopic (exact) mass is 286 g/mol. The molecule has 1 atom stereocenters. The van der Waals surface area contributed by atoms with Gasteiger partial charge in [-0.3, -0.25) is 4.79 Å². The van der Waals surface area contributed by atoms with Gasteiger partial charge in [-0.2, -0.15) is 5.10 Å². The number of rotatable bonds is 3. The Morgan fingerprint density at radius 1 is 1.44 bits per heavy atom. The van der Waals surface area contributed by atoms with Gasteiger partial charge in [-0.1, -0.05) is 29.3 Å². The molecule has 1 saturated heterocycles. The van der Waals surface area contributed by atoms with Gasteiger partial charge >= 0.3 is 0 Å². The largest absolute Gasteiger partial charge is 0.368 e. The van der Waals surface area contributed by atoms with Crippen LogP contribution in [0, 0.1) is 0 Å². The van der Waals surface area contributed by atoms with E-state index >= 15 is 0 Å². The van der Waals surface area contributed by atoms with E-state index in [2.05, 4.69) is 10.5 Å². The molecule has 1 aromatic rings. The van der Waals surface area contributed by atoms with Crippen molar-refractivity contribution in [2.45, 2.75) is 18.9 Å². The molecule has 0 radical (unpaired) electrons. The van der Waals surface area contributed by atoms with E-state index in [0.717, 1.165) is 12.8 Å². The predicted molar refractivity (Wildman–Crippen MR) is 71.2 cm³/mol. The molecule has 18 heavy (non-hydrogen) atoms. The van der Waals surface area contributed by atoms with Crippen LogP contribution in [0.1, 0.15) is 18.4 Å². The zero-order chi connectivity index (χ0) is 13.0. The van der Waals surface area contributed by atoms with Crippen molar-refractivity contribution >= 4 is 35.3 Å². The first kappa shape index (κ1) is 13.3. The molecule has 4 nitrogen and oxygen atoms in total. The molecular weight excluding hydrogens is 275 g/mol. The normalized spacial score (nSPS) is 19.3. The Morgan fingerprint density at radius 3 is 2.78 bits per heavy atom. The van der Waals surface area contributed by atoms with Gasteiger partial charge in [0.05, 0.1) is 16.3 Å². The molecule has 0 aromatic heterocycles. The lowest BCUT2D eigenvalue weighted by atomic mass is 10.2. The minimum atomic E-state index is -0.399. The van der Waals surface area contributed by atoms with Crippen LogP contribution >= 0.6 is 23.2 Å². The van der Waals surface area contributed by atoms with Gasteiger partial charge in [0, 0.05) is 12.2 Å². The zero-order valence-corrected chi connectivity index (χ0v) is 11.0. The Balaban J connectivity index is 1.96. The maximum atomic E-state index is 11.6. The highest BCUT2D eigenvalue weighted by atomic mass is 35.5. The minimum absolute atomic E-state index is 0.244. The summed E-state index contributed by atoms with van der Waals surface area (Å²) in [6.45, 7) is 0.623. The van der Waals surface area contributed by atoms with Gasteiger partial charge in [-0.15, -0.1) is 0 Å². The van der Waals surface area contributed by atoms with E-state index < -0.39 is 6.10 Å². The van der Waals surface area contributed by atoms with E-state index in [-0.39, 0.29) is 5.91 Å². The maximum absolute atomic E-state index is 11.6.